The molecule has 8 heteroatoms. The van der Waals surface area contributed by atoms with E-state index in [4.69, 9.17) is 28.4 Å². The summed E-state index contributed by atoms with van der Waals surface area (Å²) in [6, 6.07) is 61.2. The molecular formula is C58H48O8. The third-order valence-electron chi connectivity index (χ3n) is 11.8. The lowest BCUT2D eigenvalue weighted by atomic mass is 9.92. The summed E-state index contributed by atoms with van der Waals surface area (Å²) in [5, 5.41) is 29.7. The fraction of sp³-hybridized carbons (Fsp3) is 0.138. The van der Waals surface area contributed by atoms with Gasteiger partial charge in [0.2, 0.25) is 0 Å². The van der Waals surface area contributed by atoms with Gasteiger partial charge in [0.1, 0.15) is 74.1 Å². The molecule has 0 bridgehead atoms. The van der Waals surface area contributed by atoms with Crippen LogP contribution in [0, 0.1) is 0 Å². The molecule has 0 radical (unpaired) electrons. The molecule has 0 unspecified atom stereocenters. The SMILES string of the molecule is OCCOc1ccc2ccccc2c1-c1c(OCCOc2ccc3c(OCCOc4ccc5ccccc5c4-c4c(OCCO)ccc5ccccc45)cccc3c2)ccc2ccccc12. The van der Waals surface area contributed by atoms with Gasteiger partial charge >= 0.3 is 0 Å². The zero-order valence-corrected chi connectivity index (χ0v) is 36.3. The van der Waals surface area contributed by atoms with Crippen LogP contribution in [0.3, 0.4) is 0 Å². The molecule has 0 saturated carbocycles. The zero-order valence-electron chi connectivity index (χ0n) is 36.3. The van der Waals surface area contributed by atoms with E-state index in [0.29, 0.717) is 49.4 Å². The van der Waals surface area contributed by atoms with E-state index < -0.39 is 0 Å². The van der Waals surface area contributed by atoms with Crippen LogP contribution in [0.15, 0.2) is 182 Å². The van der Waals surface area contributed by atoms with Crippen LogP contribution in [0.1, 0.15) is 0 Å². The minimum Gasteiger partial charge on any atom is -0.491 e. The van der Waals surface area contributed by atoms with Crippen molar-refractivity contribution < 1.29 is 38.6 Å². The molecule has 66 heavy (non-hydrogen) atoms. The molecule has 0 saturated heterocycles. The summed E-state index contributed by atoms with van der Waals surface area (Å²) in [5.41, 5.74) is 3.71. The molecular weight excluding hydrogens is 825 g/mol. The van der Waals surface area contributed by atoms with Crippen molar-refractivity contribution in [3.63, 3.8) is 0 Å². The summed E-state index contributed by atoms with van der Waals surface area (Å²) in [6.07, 6.45) is 0. The Labute approximate surface area is 382 Å². The van der Waals surface area contributed by atoms with E-state index in [1.807, 2.05) is 121 Å². The molecule has 0 amide bonds. The molecule has 0 heterocycles. The molecule has 0 aliphatic heterocycles. The van der Waals surface area contributed by atoms with Crippen molar-refractivity contribution in [2.75, 3.05) is 52.9 Å². The monoisotopic (exact) mass is 872 g/mol. The summed E-state index contributed by atoms with van der Waals surface area (Å²) in [5.74, 6) is 4.27. The van der Waals surface area contributed by atoms with Crippen molar-refractivity contribution in [3.8, 4) is 56.8 Å². The summed E-state index contributed by atoms with van der Waals surface area (Å²) in [6.45, 7) is 1.42. The normalized spacial score (nSPS) is 11.4. The molecule has 0 fully saturated rings. The van der Waals surface area contributed by atoms with Crippen molar-refractivity contribution in [1.29, 1.82) is 0 Å². The van der Waals surface area contributed by atoms with E-state index >= 15 is 0 Å². The molecule has 2 N–H and O–H groups in total. The number of benzene rings is 10. The van der Waals surface area contributed by atoms with E-state index in [9.17, 15) is 10.2 Å². The van der Waals surface area contributed by atoms with Crippen LogP contribution in [-0.4, -0.2) is 63.1 Å². The first kappa shape index (κ1) is 42.2. The molecule has 8 nitrogen and oxygen atoms in total. The van der Waals surface area contributed by atoms with Gasteiger partial charge in [-0.25, -0.2) is 0 Å². The van der Waals surface area contributed by atoms with E-state index in [1.54, 1.807) is 0 Å². The van der Waals surface area contributed by atoms with Gasteiger partial charge in [0, 0.05) is 27.6 Å². The molecule has 0 spiro atoms. The Morgan fingerprint density at radius 2 is 0.606 bits per heavy atom. The van der Waals surface area contributed by atoms with Crippen LogP contribution >= 0.6 is 0 Å². The van der Waals surface area contributed by atoms with Crippen LogP contribution in [0.5, 0.6) is 34.5 Å². The van der Waals surface area contributed by atoms with E-state index in [-0.39, 0.29) is 26.4 Å². The van der Waals surface area contributed by atoms with Crippen LogP contribution in [0.2, 0.25) is 0 Å². The van der Waals surface area contributed by atoms with Gasteiger partial charge in [0.15, 0.2) is 0 Å². The molecule has 0 atom stereocenters. The van der Waals surface area contributed by atoms with Gasteiger partial charge in [0.25, 0.3) is 0 Å². The Bertz CT molecular complexity index is 3330. The fourth-order valence-corrected chi connectivity index (χ4v) is 8.89. The van der Waals surface area contributed by atoms with Crippen LogP contribution in [0.25, 0.3) is 76.1 Å². The highest BCUT2D eigenvalue weighted by molar-refractivity contribution is 6.11. The Morgan fingerprint density at radius 1 is 0.258 bits per heavy atom. The van der Waals surface area contributed by atoms with Gasteiger partial charge in [-0.15, -0.1) is 0 Å². The summed E-state index contributed by atoms with van der Waals surface area (Å²) in [7, 11) is 0. The van der Waals surface area contributed by atoms with Gasteiger partial charge in [-0.3, -0.25) is 0 Å². The Kier molecular flexibility index (Phi) is 12.5. The van der Waals surface area contributed by atoms with Gasteiger partial charge in [-0.1, -0.05) is 133 Å². The van der Waals surface area contributed by atoms with Gasteiger partial charge in [0.05, 0.1) is 13.2 Å². The summed E-state index contributed by atoms with van der Waals surface area (Å²) < 4.78 is 38.0. The summed E-state index contributed by atoms with van der Waals surface area (Å²) in [4.78, 5) is 0. The van der Waals surface area contributed by atoms with E-state index in [0.717, 1.165) is 87.6 Å². The highest BCUT2D eigenvalue weighted by Crippen LogP contribution is 2.47. The number of hydrogen-bond donors (Lipinski definition) is 2. The van der Waals surface area contributed by atoms with Crippen LogP contribution in [-0.2, 0) is 0 Å². The number of aliphatic hydroxyl groups excluding tert-OH is 2. The van der Waals surface area contributed by atoms with Gasteiger partial charge in [-0.05, 0) is 97.0 Å². The second-order valence-corrected chi connectivity index (χ2v) is 15.8. The number of aliphatic hydroxyl groups is 2. The predicted octanol–water partition coefficient (Wildman–Crippen LogP) is 12.4. The quantitative estimate of drug-likeness (QED) is 0.0823. The lowest BCUT2D eigenvalue weighted by Crippen LogP contribution is -2.10. The molecule has 10 aromatic carbocycles. The molecule has 10 rings (SSSR count). The van der Waals surface area contributed by atoms with E-state index in [2.05, 4.69) is 60.7 Å². The predicted molar refractivity (Wildman–Crippen MR) is 265 cm³/mol. The van der Waals surface area contributed by atoms with E-state index in [1.165, 1.54) is 0 Å². The standard InChI is InChI=1S/C58H48O8/c59-30-32-62-51-26-20-39-10-1-5-15-46(39)55(51)57-48-17-7-3-12-41(48)22-28-53(57)65-35-34-61-44-24-25-45-43(38-44)14-9-19-50(45)64-36-37-66-54-29-23-42-13-4-8-18-49(42)58(54)56-47-16-6-2-11-40(47)21-27-52(56)63-33-31-60/h1-29,38,59-60H,30-37H2. The van der Waals surface area contributed by atoms with Crippen molar-refractivity contribution in [3.05, 3.63) is 182 Å². The van der Waals surface area contributed by atoms with Gasteiger partial charge < -0.3 is 38.6 Å². The molecule has 10 aromatic rings. The highest BCUT2D eigenvalue weighted by Gasteiger charge is 2.21. The number of fused-ring (bicyclic) bond motifs is 5. The zero-order chi connectivity index (χ0) is 44.7. The van der Waals surface area contributed by atoms with Crippen molar-refractivity contribution in [1.82, 2.24) is 0 Å². The third kappa shape index (κ3) is 8.60. The summed E-state index contributed by atoms with van der Waals surface area (Å²) >= 11 is 0. The Morgan fingerprint density at radius 3 is 1.02 bits per heavy atom. The number of ether oxygens (including phenoxy) is 6. The fourth-order valence-electron chi connectivity index (χ4n) is 8.89. The van der Waals surface area contributed by atoms with Gasteiger partial charge in [-0.2, -0.15) is 0 Å². The number of hydrogen-bond acceptors (Lipinski definition) is 8. The highest BCUT2D eigenvalue weighted by atomic mass is 16.5. The second kappa shape index (κ2) is 19.5. The topological polar surface area (TPSA) is 95.8 Å². The Balaban J connectivity index is 0.840. The minimum absolute atomic E-state index is 0.0900. The lowest BCUT2D eigenvalue weighted by molar-refractivity contribution is 0.202. The second-order valence-electron chi connectivity index (χ2n) is 15.8. The third-order valence-corrected chi connectivity index (χ3v) is 11.8. The molecule has 0 aliphatic rings. The number of rotatable bonds is 18. The maximum Gasteiger partial charge on any atom is 0.128 e. The lowest BCUT2D eigenvalue weighted by Gasteiger charge is -2.20. The first-order valence-electron chi connectivity index (χ1n) is 22.3. The molecule has 328 valence electrons. The first-order chi connectivity index (χ1) is 32.7. The minimum atomic E-state index is -0.0906. The average molecular weight is 873 g/mol. The maximum atomic E-state index is 9.65. The Hall–Kier alpha value is -7.78. The molecule has 0 aliphatic carbocycles. The van der Waals surface area contributed by atoms with Crippen molar-refractivity contribution in [2.45, 2.75) is 0 Å². The largest absolute Gasteiger partial charge is 0.491 e. The first-order valence-corrected chi connectivity index (χ1v) is 22.3. The maximum absolute atomic E-state index is 9.65. The van der Waals surface area contributed by atoms with Crippen molar-refractivity contribution in [2.24, 2.45) is 0 Å². The average Bonchev–Trinajstić information content (AvgIpc) is 3.37. The molecule has 0 aromatic heterocycles. The smallest absolute Gasteiger partial charge is 0.128 e. The van der Waals surface area contributed by atoms with Crippen molar-refractivity contribution >= 4 is 53.9 Å². The van der Waals surface area contributed by atoms with Crippen LogP contribution < -0.4 is 28.4 Å². The van der Waals surface area contributed by atoms with Crippen LogP contribution in [0.4, 0.5) is 0 Å².